The first-order valence-electron chi connectivity index (χ1n) is 5.03. The highest BCUT2D eigenvalue weighted by Gasteiger charge is 2.07. The molecule has 0 amide bonds. The quantitative estimate of drug-likeness (QED) is 0.677. The third-order valence-corrected chi connectivity index (χ3v) is 3.20. The van der Waals surface area contributed by atoms with Gasteiger partial charge in [0.2, 0.25) is 0 Å². The number of hydrogen-bond acceptors (Lipinski definition) is 0. The van der Waals surface area contributed by atoms with Crippen molar-refractivity contribution in [2.24, 2.45) is 0 Å². The molecule has 0 spiro atoms. The molecule has 2 rings (SSSR count). The smallest absolute Gasteiger partial charge is 0.123 e. The highest BCUT2D eigenvalue weighted by molar-refractivity contribution is 6.32. The van der Waals surface area contributed by atoms with E-state index in [1.807, 2.05) is 19.9 Å². The second kappa shape index (κ2) is 4.26. The van der Waals surface area contributed by atoms with Gasteiger partial charge in [0.15, 0.2) is 0 Å². The molecule has 16 heavy (non-hydrogen) atoms. The largest absolute Gasteiger partial charge is 0.207 e. The van der Waals surface area contributed by atoms with Crippen LogP contribution in [0.3, 0.4) is 0 Å². The summed E-state index contributed by atoms with van der Waals surface area (Å²) in [6, 6.07) is 11.4. The lowest BCUT2D eigenvalue weighted by Gasteiger charge is -2.09. The summed E-state index contributed by atoms with van der Waals surface area (Å²) in [7, 11) is 0. The third kappa shape index (κ3) is 1.96. The third-order valence-electron chi connectivity index (χ3n) is 2.62. The maximum Gasteiger partial charge on any atom is 0.123 e. The van der Waals surface area contributed by atoms with Gasteiger partial charge in [0.1, 0.15) is 5.82 Å². The number of benzene rings is 2. The molecule has 0 aliphatic carbocycles. The molecule has 0 N–H and O–H groups in total. The number of aryl methyl sites for hydroxylation is 1. The van der Waals surface area contributed by atoms with Crippen LogP contribution in [0.2, 0.25) is 5.02 Å². The van der Waals surface area contributed by atoms with E-state index in [4.69, 9.17) is 11.6 Å². The molecule has 0 saturated heterocycles. The van der Waals surface area contributed by atoms with Crippen LogP contribution >= 0.6 is 11.6 Å². The first-order valence-corrected chi connectivity index (χ1v) is 5.40. The van der Waals surface area contributed by atoms with Gasteiger partial charge in [-0.05, 0) is 60.4 Å². The zero-order valence-corrected chi connectivity index (χ0v) is 9.90. The van der Waals surface area contributed by atoms with Crippen molar-refractivity contribution < 1.29 is 4.39 Å². The second-order valence-electron chi connectivity index (χ2n) is 3.79. The summed E-state index contributed by atoms with van der Waals surface area (Å²) in [5, 5.41) is 0.748. The van der Waals surface area contributed by atoms with Gasteiger partial charge in [-0.3, -0.25) is 0 Å². The average Bonchev–Trinajstić information content (AvgIpc) is 2.28. The van der Waals surface area contributed by atoms with Gasteiger partial charge in [-0.15, -0.1) is 0 Å². The van der Waals surface area contributed by atoms with Gasteiger partial charge in [0.05, 0.1) is 0 Å². The Bertz CT molecular complexity index is 515. The summed E-state index contributed by atoms with van der Waals surface area (Å²) in [6.07, 6.45) is 0. The summed E-state index contributed by atoms with van der Waals surface area (Å²) < 4.78 is 12.8. The molecule has 0 heterocycles. The molecule has 0 aliphatic heterocycles. The molecule has 2 aromatic rings. The molecule has 81 valence electrons. The summed E-state index contributed by atoms with van der Waals surface area (Å²) in [4.78, 5) is 0. The summed E-state index contributed by atoms with van der Waals surface area (Å²) in [6.45, 7) is 3.89. The van der Waals surface area contributed by atoms with Crippen LogP contribution in [0.15, 0.2) is 30.3 Å². The molecule has 0 aliphatic rings. The first-order chi connectivity index (χ1) is 7.59. The van der Waals surface area contributed by atoms with Gasteiger partial charge in [-0.1, -0.05) is 23.7 Å². The highest BCUT2D eigenvalue weighted by atomic mass is 35.5. The first kappa shape index (κ1) is 11.2. The standard InChI is InChI=1S/C14H11ClF/c1-9-3-8-13(10(2)14(9)15)11-4-6-12(16)7-5-11/h3-7H,1-2H3. The normalized spacial score (nSPS) is 10.5. The lowest BCUT2D eigenvalue weighted by atomic mass is 9.99. The number of hydrogen-bond donors (Lipinski definition) is 0. The maximum atomic E-state index is 12.8. The topological polar surface area (TPSA) is 0 Å². The fraction of sp³-hybridized carbons (Fsp3) is 0.143. The average molecular weight is 234 g/mol. The van der Waals surface area contributed by atoms with Crippen molar-refractivity contribution in [2.45, 2.75) is 13.8 Å². The van der Waals surface area contributed by atoms with E-state index in [2.05, 4.69) is 6.07 Å². The van der Waals surface area contributed by atoms with Crippen LogP contribution in [-0.2, 0) is 0 Å². The SMILES string of the molecule is Cc1c[c]c(-c2ccc(F)cc2)c(C)c1Cl. The monoisotopic (exact) mass is 233 g/mol. The molecule has 2 aromatic carbocycles. The Kier molecular flexibility index (Phi) is 2.97. The minimum absolute atomic E-state index is 0.236. The molecule has 2 heteroatoms. The van der Waals surface area contributed by atoms with E-state index in [1.165, 1.54) is 12.1 Å². The molecule has 0 bridgehead atoms. The molecule has 0 unspecified atom stereocenters. The van der Waals surface area contributed by atoms with Crippen LogP contribution in [0.25, 0.3) is 11.1 Å². The van der Waals surface area contributed by atoms with Gasteiger partial charge in [-0.2, -0.15) is 0 Å². The molecular weight excluding hydrogens is 223 g/mol. The fourth-order valence-corrected chi connectivity index (χ4v) is 1.82. The van der Waals surface area contributed by atoms with Crippen LogP contribution in [-0.4, -0.2) is 0 Å². The van der Waals surface area contributed by atoms with E-state index in [0.717, 1.165) is 27.3 Å². The van der Waals surface area contributed by atoms with E-state index >= 15 is 0 Å². The van der Waals surface area contributed by atoms with Crippen LogP contribution in [0.1, 0.15) is 11.1 Å². The van der Waals surface area contributed by atoms with Crippen LogP contribution < -0.4 is 0 Å². The van der Waals surface area contributed by atoms with E-state index in [9.17, 15) is 4.39 Å². The van der Waals surface area contributed by atoms with E-state index in [-0.39, 0.29) is 5.82 Å². The molecule has 1 radical (unpaired) electrons. The lowest BCUT2D eigenvalue weighted by Crippen LogP contribution is -1.88. The van der Waals surface area contributed by atoms with Gasteiger partial charge >= 0.3 is 0 Å². The summed E-state index contributed by atoms with van der Waals surface area (Å²) in [5.74, 6) is -0.236. The Hall–Kier alpha value is -1.34. The van der Waals surface area contributed by atoms with E-state index < -0.39 is 0 Å². The van der Waals surface area contributed by atoms with Gasteiger partial charge < -0.3 is 0 Å². The van der Waals surface area contributed by atoms with Crippen LogP contribution in [0, 0.1) is 25.7 Å². The molecule has 0 atom stereocenters. The lowest BCUT2D eigenvalue weighted by molar-refractivity contribution is 0.628. The summed E-state index contributed by atoms with van der Waals surface area (Å²) in [5.41, 5.74) is 3.84. The van der Waals surface area contributed by atoms with E-state index in [1.54, 1.807) is 12.1 Å². The van der Waals surface area contributed by atoms with Gasteiger partial charge in [-0.25, -0.2) is 4.39 Å². The minimum atomic E-state index is -0.236. The molecule has 0 saturated carbocycles. The van der Waals surface area contributed by atoms with Crippen molar-refractivity contribution in [1.82, 2.24) is 0 Å². The Labute approximate surface area is 99.7 Å². The second-order valence-corrected chi connectivity index (χ2v) is 4.17. The van der Waals surface area contributed by atoms with Crippen molar-refractivity contribution in [3.05, 3.63) is 58.4 Å². The molecule has 0 nitrogen and oxygen atoms in total. The summed E-state index contributed by atoms with van der Waals surface area (Å²) >= 11 is 6.17. The predicted molar refractivity (Wildman–Crippen MR) is 65.2 cm³/mol. The van der Waals surface area contributed by atoms with Crippen molar-refractivity contribution in [3.63, 3.8) is 0 Å². The highest BCUT2D eigenvalue weighted by Crippen LogP contribution is 2.30. The van der Waals surface area contributed by atoms with Crippen molar-refractivity contribution in [2.75, 3.05) is 0 Å². The van der Waals surface area contributed by atoms with Gasteiger partial charge in [0, 0.05) is 5.02 Å². The number of rotatable bonds is 1. The Morgan fingerprint density at radius 2 is 1.75 bits per heavy atom. The Balaban J connectivity index is 2.57. The zero-order chi connectivity index (χ0) is 11.7. The molecular formula is C14H11ClF. The van der Waals surface area contributed by atoms with Crippen molar-refractivity contribution in [3.8, 4) is 11.1 Å². The number of halogens is 2. The molecule has 0 aromatic heterocycles. The van der Waals surface area contributed by atoms with Crippen LogP contribution in [0.4, 0.5) is 4.39 Å². The van der Waals surface area contributed by atoms with E-state index in [0.29, 0.717) is 0 Å². The van der Waals surface area contributed by atoms with Crippen molar-refractivity contribution in [1.29, 1.82) is 0 Å². The van der Waals surface area contributed by atoms with Gasteiger partial charge in [0.25, 0.3) is 0 Å². The van der Waals surface area contributed by atoms with Crippen LogP contribution in [0.5, 0.6) is 0 Å². The predicted octanol–water partition coefficient (Wildman–Crippen LogP) is 4.56. The Morgan fingerprint density at radius 1 is 1.12 bits per heavy atom. The molecule has 0 fully saturated rings. The fourth-order valence-electron chi connectivity index (χ4n) is 1.67. The van der Waals surface area contributed by atoms with Crippen molar-refractivity contribution >= 4 is 11.6 Å². The minimum Gasteiger partial charge on any atom is -0.207 e. The Morgan fingerprint density at radius 3 is 2.38 bits per heavy atom. The zero-order valence-electron chi connectivity index (χ0n) is 9.14. The maximum absolute atomic E-state index is 12.8.